The van der Waals surface area contributed by atoms with Crippen LogP contribution in [0.4, 0.5) is 10.1 Å². The number of amides is 2. The summed E-state index contributed by atoms with van der Waals surface area (Å²) in [5, 5.41) is 12.4. The van der Waals surface area contributed by atoms with Gasteiger partial charge in [0.05, 0.1) is 17.7 Å². The van der Waals surface area contributed by atoms with Crippen LogP contribution >= 0.6 is 0 Å². The Bertz CT molecular complexity index is 604. The van der Waals surface area contributed by atoms with Crippen LogP contribution in [0.3, 0.4) is 0 Å². The summed E-state index contributed by atoms with van der Waals surface area (Å²) in [5.41, 5.74) is 0.980. The van der Waals surface area contributed by atoms with E-state index in [1.807, 2.05) is 13.8 Å². The van der Waals surface area contributed by atoms with E-state index in [9.17, 15) is 19.1 Å². The van der Waals surface area contributed by atoms with Crippen molar-refractivity contribution in [1.29, 1.82) is 0 Å². The summed E-state index contributed by atoms with van der Waals surface area (Å²) in [6.07, 6.45) is -0.571. The fourth-order valence-corrected chi connectivity index (χ4v) is 2.53. The Kier molecular flexibility index (Phi) is 5.36. The number of carbonyl (C=O) groups is 2. The number of aryl methyl sites for hydroxylation is 1. The molecule has 0 radical (unpaired) electrons. The maximum absolute atomic E-state index is 14.0. The highest BCUT2D eigenvalue weighted by atomic mass is 19.1. The molecule has 2 N–H and O–H groups in total. The lowest BCUT2D eigenvalue weighted by atomic mass is 10.1. The van der Waals surface area contributed by atoms with E-state index < -0.39 is 17.8 Å². The zero-order chi connectivity index (χ0) is 17.1. The molecule has 23 heavy (non-hydrogen) atoms. The monoisotopic (exact) mass is 322 g/mol. The lowest BCUT2D eigenvalue weighted by Crippen LogP contribution is -2.39. The van der Waals surface area contributed by atoms with Gasteiger partial charge in [-0.15, -0.1) is 0 Å². The summed E-state index contributed by atoms with van der Waals surface area (Å²) in [7, 11) is 0. The molecule has 1 aromatic carbocycles. The second kappa shape index (κ2) is 7.08. The molecule has 1 saturated heterocycles. The molecule has 2 atom stereocenters. The van der Waals surface area contributed by atoms with Crippen LogP contribution in [0.5, 0.6) is 0 Å². The minimum atomic E-state index is -0.623. The van der Waals surface area contributed by atoms with Gasteiger partial charge in [0.1, 0.15) is 5.82 Å². The molecule has 2 rings (SSSR count). The first-order chi connectivity index (χ1) is 10.8. The number of halogens is 1. The number of hydrogen-bond acceptors (Lipinski definition) is 3. The van der Waals surface area contributed by atoms with Crippen LogP contribution in [0.15, 0.2) is 18.2 Å². The summed E-state index contributed by atoms with van der Waals surface area (Å²) in [6.45, 7) is 5.80. The molecular weight excluding hydrogens is 299 g/mol. The Balaban J connectivity index is 2.00. The van der Waals surface area contributed by atoms with Gasteiger partial charge >= 0.3 is 0 Å². The fraction of sp³-hybridized carbons (Fsp3) is 0.529. The van der Waals surface area contributed by atoms with Crippen LogP contribution in [0.25, 0.3) is 0 Å². The molecule has 126 valence electrons. The van der Waals surface area contributed by atoms with Crippen molar-refractivity contribution in [3.05, 3.63) is 29.6 Å². The van der Waals surface area contributed by atoms with E-state index in [2.05, 4.69) is 5.32 Å². The number of nitrogens with one attached hydrogen (secondary N) is 1. The molecule has 0 bridgehead atoms. The van der Waals surface area contributed by atoms with Gasteiger partial charge in [0.15, 0.2) is 0 Å². The number of rotatable bonds is 5. The molecule has 1 aliphatic heterocycles. The van der Waals surface area contributed by atoms with Gasteiger partial charge in [0, 0.05) is 19.5 Å². The molecule has 0 aromatic heterocycles. The van der Waals surface area contributed by atoms with Crippen LogP contribution in [0.2, 0.25) is 0 Å². The Morgan fingerprint density at radius 2 is 2.17 bits per heavy atom. The highest BCUT2D eigenvalue weighted by Gasteiger charge is 2.36. The summed E-state index contributed by atoms with van der Waals surface area (Å²) in [4.78, 5) is 25.6. The van der Waals surface area contributed by atoms with Crippen molar-refractivity contribution in [2.75, 3.05) is 18.0 Å². The zero-order valence-electron chi connectivity index (χ0n) is 13.7. The maximum Gasteiger partial charge on any atom is 0.227 e. The fourth-order valence-electron chi connectivity index (χ4n) is 2.53. The van der Waals surface area contributed by atoms with Crippen LogP contribution in [-0.4, -0.2) is 36.1 Å². The van der Waals surface area contributed by atoms with Crippen molar-refractivity contribution in [3.63, 3.8) is 0 Å². The van der Waals surface area contributed by atoms with Crippen molar-refractivity contribution >= 4 is 17.5 Å². The lowest BCUT2D eigenvalue weighted by Gasteiger charge is -2.19. The minimum Gasteiger partial charge on any atom is -0.391 e. The van der Waals surface area contributed by atoms with Crippen LogP contribution in [0.1, 0.15) is 25.8 Å². The van der Waals surface area contributed by atoms with E-state index in [1.165, 1.54) is 11.0 Å². The van der Waals surface area contributed by atoms with E-state index in [0.29, 0.717) is 0 Å². The van der Waals surface area contributed by atoms with Gasteiger partial charge in [-0.1, -0.05) is 19.9 Å². The van der Waals surface area contributed by atoms with Crippen molar-refractivity contribution in [3.8, 4) is 0 Å². The molecule has 2 amide bonds. The number of aliphatic hydroxyl groups is 1. The lowest BCUT2D eigenvalue weighted by molar-refractivity contribution is -0.126. The van der Waals surface area contributed by atoms with E-state index in [1.54, 1.807) is 19.1 Å². The highest BCUT2D eigenvalue weighted by molar-refractivity contribution is 6.00. The molecule has 0 saturated carbocycles. The Hall–Kier alpha value is -1.95. The number of benzene rings is 1. The largest absolute Gasteiger partial charge is 0.391 e. The van der Waals surface area contributed by atoms with Gasteiger partial charge in [0.2, 0.25) is 11.8 Å². The standard InChI is InChI=1S/C17H23FN2O3/c1-10(2)15(21)8-19-17(23)12-7-16(22)20(9-12)14-5-4-11(3)6-13(14)18/h4-6,10,12,15,21H,7-9H2,1-3H3,(H,19,23). The molecule has 1 fully saturated rings. The van der Waals surface area contributed by atoms with Crippen molar-refractivity contribution in [2.45, 2.75) is 33.3 Å². The first kappa shape index (κ1) is 17.4. The first-order valence-electron chi connectivity index (χ1n) is 7.82. The number of anilines is 1. The predicted molar refractivity (Wildman–Crippen MR) is 85.5 cm³/mol. The van der Waals surface area contributed by atoms with E-state index in [-0.39, 0.29) is 42.9 Å². The van der Waals surface area contributed by atoms with Gasteiger partial charge < -0.3 is 15.3 Å². The quantitative estimate of drug-likeness (QED) is 0.865. The Morgan fingerprint density at radius 1 is 1.48 bits per heavy atom. The Labute approximate surface area is 135 Å². The molecule has 1 aromatic rings. The first-order valence-corrected chi connectivity index (χ1v) is 7.82. The summed E-state index contributed by atoms with van der Waals surface area (Å²) < 4.78 is 14.0. The van der Waals surface area contributed by atoms with Gasteiger partial charge in [0.25, 0.3) is 0 Å². The van der Waals surface area contributed by atoms with Crippen molar-refractivity contribution in [2.24, 2.45) is 11.8 Å². The van der Waals surface area contributed by atoms with Gasteiger partial charge in [-0.2, -0.15) is 0 Å². The molecule has 5 nitrogen and oxygen atoms in total. The highest BCUT2D eigenvalue weighted by Crippen LogP contribution is 2.28. The predicted octanol–water partition coefficient (Wildman–Crippen LogP) is 1.62. The average molecular weight is 322 g/mol. The van der Waals surface area contributed by atoms with Crippen LogP contribution in [-0.2, 0) is 9.59 Å². The second-order valence-corrected chi connectivity index (χ2v) is 6.42. The van der Waals surface area contributed by atoms with E-state index in [4.69, 9.17) is 0 Å². The average Bonchev–Trinajstić information content (AvgIpc) is 2.86. The molecule has 0 spiro atoms. The molecule has 1 heterocycles. The summed E-state index contributed by atoms with van der Waals surface area (Å²) in [5.74, 6) is -1.50. The van der Waals surface area contributed by atoms with Crippen LogP contribution in [0, 0.1) is 24.6 Å². The van der Waals surface area contributed by atoms with E-state index in [0.717, 1.165) is 5.56 Å². The Morgan fingerprint density at radius 3 is 2.78 bits per heavy atom. The number of aliphatic hydroxyl groups excluding tert-OH is 1. The summed E-state index contributed by atoms with van der Waals surface area (Å²) >= 11 is 0. The van der Waals surface area contributed by atoms with Gasteiger partial charge in [-0.25, -0.2) is 4.39 Å². The molecule has 2 unspecified atom stereocenters. The van der Waals surface area contributed by atoms with E-state index >= 15 is 0 Å². The van der Waals surface area contributed by atoms with Crippen molar-refractivity contribution < 1.29 is 19.1 Å². The minimum absolute atomic E-state index is 0.0404. The zero-order valence-corrected chi connectivity index (χ0v) is 13.7. The SMILES string of the molecule is Cc1ccc(N2CC(C(=O)NCC(O)C(C)C)CC2=O)c(F)c1. The molecular formula is C17H23FN2O3. The third kappa shape index (κ3) is 4.07. The number of hydrogen-bond donors (Lipinski definition) is 2. The molecule has 1 aliphatic rings. The second-order valence-electron chi connectivity index (χ2n) is 6.42. The smallest absolute Gasteiger partial charge is 0.227 e. The summed E-state index contributed by atoms with van der Waals surface area (Å²) in [6, 6.07) is 4.67. The molecule has 0 aliphatic carbocycles. The van der Waals surface area contributed by atoms with Crippen LogP contribution < -0.4 is 10.2 Å². The number of nitrogens with zero attached hydrogens (tertiary/aromatic N) is 1. The molecule has 6 heteroatoms. The third-order valence-corrected chi connectivity index (χ3v) is 4.14. The topological polar surface area (TPSA) is 69.6 Å². The van der Waals surface area contributed by atoms with Gasteiger partial charge in [-0.05, 0) is 30.5 Å². The van der Waals surface area contributed by atoms with Crippen molar-refractivity contribution in [1.82, 2.24) is 5.32 Å². The van der Waals surface area contributed by atoms with Gasteiger partial charge in [-0.3, -0.25) is 9.59 Å². The number of carbonyl (C=O) groups excluding carboxylic acids is 2. The maximum atomic E-state index is 14.0. The third-order valence-electron chi connectivity index (χ3n) is 4.14. The normalized spacial score (nSPS) is 19.3.